The number of hydrogen-bond donors (Lipinski definition) is 1. The first-order valence-electron chi connectivity index (χ1n) is 5.02. The predicted octanol–water partition coefficient (Wildman–Crippen LogP) is -0.171. The van der Waals surface area contributed by atoms with Crippen molar-refractivity contribution < 1.29 is 24.2 Å². The molecule has 0 saturated carbocycles. The van der Waals surface area contributed by atoms with Crippen molar-refractivity contribution in [3.63, 3.8) is 0 Å². The van der Waals surface area contributed by atoms with Crippen LogP contribution < -0.4 is 0 Å². The number of carboxylic acid groups (broad SMARTS) is 1. The van der Waals surface area contributed by atoms with E-state index in [1.165, 1.54) is 4.90 Å². The number of amides is 1. The van der Waals surface area contributed by atoms with Crippen molar-refractivity contribution in [2.45, 2.75) is 6.92 Å². The van der Waals surface area contributed by atoms with Crippen LogP contribution in [-0.2, 0) is 19.1 Å². The fourth-order valence-corrected chi connectivity index (χ4v) is 1.00. The largest absolute Gasteiger partial charge is 0.481 e. The number of methoxy groups -OCH3 is 1. The van der Waals surface area contributed by atoms with E-state index in [0.717, 1.165) is 0 Å². The molecule has 0 radical (unpaired) electrons. The van der Waals surface area contributed by atoms with Crippen LogP contribution in [0.15, 0.2) is 0 Å². The molecule has 16 heavy (non-hydrogen) atoms. The van der Waals surface area contributed by atoms with Gasteiger partial charge in [0.2, 0.25) is 5.91 Å². The quantitative estimate of drug-likeness (QED) is 0.589. The second kappa shape index (κ2) is 8.06. The van der Waals surface area contributed by atoms with Crippen LogP contribution in [0.5, 0.6) is 0 Å². The number of aliphatic carboxylic acids is 1. The first-order valence-corrected chi connectivity index (χ1v) is 5.02. The van der Waals surface area contributed by atoms with Gasteiger partial charge in [0.25, 0.3) is 0 Å². The number of ether oxygens (including phenoxy) is 2. The molecule has 0 aromatic rings. The SMILES string of the molecule is COCCOCC(=O)N(C)CC(C)C(=O)O. The lowest BCUT2D eigenvalue weighted by Crippen LogP contribution is -2.36. The van der Waals surface area contributed by atoms with Crippen molar-refractivity contribution in [3.8, 4) is 0 Å². The number of rotatable bonds is 8. The molecule has 0 aromatic heterocycles. The number of hydrogen-bond acceptors (Lipinski definition) is 4. The lowest BCUT2D eigenvalue weighted by atomic mass is 10.2. The molecule has 0 heterocycles. The van der Waals surface area contributed by atoms with E-state index in [1.807, 2.05) is 0 Å². The van der Waals surface area contributed by atoms with Crippen LogP contribution in [0.2, 0.25) is 0 Å². The second-order valence-electron chi connectivity index (χ2n) is 3.56. The van der Waals surface area contributed by atoms with Gasteiger partial charge in [-0.3, -0.25) is 9.59 Å². The maximum absolute atomic E-state index is 11.4. The second-order valence-corrected chi connectivity index (χ2v) is 3.56. The van der Waals surface area contributed by atoms with E-state index < -0.39 is 11.9 Å². The smallest absolute Gasteiger partial charge is 0.308 e. The number of carbonyl (C=O) groups excluding carboxylic acids is 1. The summed E-state index contributed by atoms with van der Waals surface area (Å²) in [6.07, 6.45) is 0. The van der Waals surface area contributed by atoms with Crippen molar-refractivity contribution in [3.05, 3.63) is 0 Å². The first-order chi connectivity index (χ1) is 7.49. The minimum Gasteiger partial charge on any atom is -0.481 e. The normalized spacial score (nSPS) is 12.2. The summed E-state index contributed by atoms with van der Waals surface area (Å²) < 4.78 is 9.79. The van der Waals surface area contributed by atoms with Gasteiger partial charge in [0.1, 0.15) is 6.61 Å². The summed E-state index contributed by atoms with van der Waals surface area (Å²) in [6, 6.07) is 0. The summed E-state index contributed by atoms with van der Waals surface area (Å²) in [6.45, 7) is 2.47. The van der Waals surface area contributed by atoms with Crippen molar-refractivity contribution in [1.29, 1.82) is 0 Å². The molecule has 1 atom stereocenters. The van der Waals surface area contributed by atoms with Gasteiger partial charge in [0.05, 0.1) is 19.1 Å². The number of nitrogens with zero attached hydrogens (tertiary/aromatic N) is 1. The molecule has 1 N–H and O–H groups in total. The zero-order chi connectivity index (χ0) is 12.6. The van der Waals surface area contributed by atoms with Crippen molar-refractivity contribution >= 4 is 11.9 Å². The Morgan fingerprint density at radius 1 is 1.38 bits per heavy atom. The third-order valence-corrected chi connectivity index (χ3v) is 2.05. The fraction of sp³-hybridized carbons (Fsp3) is 0.800. The Bertz CT molecular complexity index is 231. The van der Waals surface area contributed by atoms with Gasteiger partial charge in [-0.2, -0.15) is 0 Å². The van der Waals surface area contributed by atoms with E-state index in [1.54, 1.807) is 21.1 Å². The highest BCUT2D eigenvalue weighted by atomic mass is 16.5. The van der Waals surface area contributed by atoms with Gasteiger partial charge < -0.3 is 19.5 Å². The number of carboxylic acids is 1. The lowest BCUT2D eigenvalue weighted by Gasteiger charge is -2.19. The zero-order valence-electron chi connectivity index (χ0n) is 9.93. The van der Waals surface area contributed by atoms with Crippen LogP contribution in [0.4, 0.5) is 0 Å². The van der Waals surface area contributed by atoms with Crippen LogP contribution >= 0.6 is 0 Å². The first kappa shape index (κ1) is 14.9. The fourth-order valence-electron chi connectivity index (χ4n) is 1.00. The molecular weight excluding hydrogens is 214 g/mol. The molecule has 0 saturated heterocycles. The predicted molar refractivity (Wildman–Crippen MR) is 57.1 cm³/mol. The molecular formula is C10H19NO5. The Labute approximate surface area is 95.1 Å². The van der Waals surface area contributed by atoms with Crippen LogP contribution in [0.3, 0.4) is 0 Å². The third kappa shape index (κ3) is 6.36. The summed E-state index contributed by atoms with van der Waals surface area (Å²) >= 11 is 0. The van der Waals surface area contributed by atoms with Crippen LogP contribution in [-0.4, -0.2) is 62.4 Å². The van der Waals surface area contributed by atoms with Gasteiger partial charge in [-0.25, -0.2) is 0 Å². The average molecular weight is 233 g/mol. The van der Waals surface area contributed by atoms with Crippen molar-refractivity contribution in [2.24, 2.45) is 5.92 Å². The van der Waals surface area contributed by atoms with E-state index in [4.69, 9.17) is 14.6 Å². The lowest BCUT2D eigenvalue weighted by molar-refractivity contribution is -0.143. The van der Waals surface area contributed by atoms with Crippen LogP contribution in [0, 0.1) is 5.92 Å². The standard InChI is InChI=1S/C10H19NO5/c1-8(10(13)14)6-11(2)9(12)7-16-5-4-15-3/h8H,4-7H2,1-3H3,(H,13,14). The molecule has 0 aliphatic carbocycles. The summed E-state index contributed by atoms with van der Waals surface area (Å²) in [5.74, 6) is -1.72. The van der Waals surface area contributed by atoms with Crippen LogP contribution in [0.1, 0.15) is 6.92 Å². The monoisotopic (exact) mass is 233 g/mol. The van der Waals surface area contributed by atoms with Crippen molar-refractivity contribution in [1.82, 2.24) is 4.90 Å². The number of carbonyl (C=O) groups is 2. The Balaban J connectivity index is 3.77. The molecule has 0 bridgehead atoms. The highest BCUT2D eigenvalue weighted by molar-refractivity contribution is 5.78. The summed E-state index contributed by atoms with van der Waals surface area (Å²) in [7, 11) is 3.10. The highest BCUT2D eigenvalue weighted by Crippen LogP contribution is 1.98. The summed E-state index contributed by atoms with van der Waals surface area (Å²) in [5, 5.41) is 8.67. The van der Waals surface area contributed by atoms with Crippen molar-refractivity contribution in [2.75, 3.05) is 40.5 Å². The molecule has 0 aliphatic rings. The van der Waals surface area contributed by atoms with Gasteiger partial charge >= 0.3 is 5.97 Å². The van der Waals surface area contributed by atoms with Gasteiger partial charge in [0.15, 0.2) is 0 Å². The Morgan fingerprint density at radius 3 is 2.50 bits per heavy atom. The summed E-state index contributed by atoms with van der Waals surface area (Å²) in [4.78, 5) is 23.4. The number of likely N-dealkylation sites (N-methyl/N-ethyl adjacent to an activating group) is 1. The average Bonchev–Trinajstić information content (AvgIpc) is 2.23. The van der Waals surface area contributed by atoms with Gasteiger partial charge in [-0.15, -0.1) is 0 Å². The molecule has 0 aliphatic heterocycles. The molecule has 1 unspecified atom stereocenters. The summed E-state index contributed by atoms with van der Waals surface area (Å²) in [5.41, 5.74) is 0. The molecule has 6 nitrogen and oxygen atoms in total. The third-order valence-electron chi connectivity index (χ3n) is 2.05. The molecule has 1 amide bonds. The van der Waals surface area contributed by atoms with E-state index in [-0.39, 0.29) is 19.1 Å². The molecule has 6 heteroatoms. The van der Waals surface area contributed by atoms with Gasteiger partial charge in [0, 0.05) is 20.7 Å². The zero-order valence-corrected chi connectivity index (χ0v) is 9.93. The Kier molecular flexibility index (Phi) is 7.49. The Morgan fingerprint density at radius 2 is 2.00 bits per heavy atom. The minimum absolute atomic E-state index is 0.0494. The molecule has 94 valence electrons. The minimum atomic E-state index is -0.917. The van der Waals surface area contributed by atoms with E-state index in [9.17, 15) is 9.59 Å². The van der Waals surface area contributed by atoms with Gasteiger partial charge in [-0.1, -0.05) is 6.92 Å². The Hall–Kier alpha value is -1.14. The molecule has 0 rings (SSSR count). The highest BCUT2D eigenvalue weighted by Gasteiger charge is 2.17. The van der Waals surface area contributed by atoms with E-state index in [2.05, 4.69) is 0 Å². The topological polar surface area (TPSA) is 76.1 Å². The maximum atomic E-state index is 11.4. The maximum Gasteiger partial charge on any atom is 0.308 e. The van der Waals surface area contributed by atoms with E-state index >= 15 is 0 Å². The molecule has 0 spiro atoms. The van der Waals surface area contributed by atoms with Gasteiger partial charge in [-0.05, 0) is 0 Å². The molecule has 0 fully saturated rings. The molecule has 0 aromatic carbocycles. The van der Waals surface area contributed by atoms with E-state index in [0.29, 0.717) is 13.2 Å². The van der Waals surface area contributed by atoms with Crippen LogP contribution in [0.25, 0.3) is 0 Å².